The zero-order valence-corrected chi connectivity index (χ0v) is 13.2. The van der Waals surface area contributed by atoms with Crippen LogP contribution in [0.15, 0.2) is 16.6 Å². The number of hydrogen-bond donors (Lipinski definition) is 1. The lowest BCUT2D eigenvalue weighted by atomic mass is 9.94. The van der Waals surface area contributed by atoms with Crippen molar-refractivity contribution in [1.29, 1.82) is 0 Å². The van der Waals surface area contributed by atoms with E-state index in [2.05, 4.69) is 22.9 Å². The number of nitrogens with two attached hydrogens (primary N) is 1. The van der Waals surface area contributed by atoms with Gasteiger partial charge in [0.1, 0.15) is 0 Å². The number of benzene rings is 1. The SMILES string of the molecule is CCC(CCN)CCC(=O)c1ccc(Br)c(Cl)c1F. The van der Waals surface area contributed by atoms with E-state index in [1.54, 1.807) is 6.07 Å². The average molecular weight is 351 g/mol. The van der Waals surface area contributed by atoms with E-state index in [0.717, 1.165) is 19.3 Å². The van der Waals surface area contributed by atoms with Crippen molar-refractivity contribution in [1.82, 2.24) is 0 Å². The number of halogens is 3. The fraction of sp³-hybridized carbons (Fsp3) is 0.500. The van der Waals surface area contributed by atoms with Crippen LogP contribution in [0.4, 0.5) is 4.39 Å². The van der Waals surface area contributed by atoms with Gasteiger partial charge in [0, 0.05) is 10.9 Å². The molecule has 0 saturated heterocycles. The smallest absolute Gasteiger partial charge is 0.165 e. The van der Waals surface area contributed by atoms with E-state index in [1.165, 1.54) is 6.07 Å². The van der Waals surface area contributed by atoms with Gasteiger partial charge in [0.05, 0.1) is 10.6 Å². The molecule has 1 unspecified atom stereocenters. The number of hydrogen-bond acceptors (Lipinski definition) is 2. The van der Waals surface area contributed by atoms with Gasteiger partial charge in [-0.15, -0.1) is 0 Å². The van der Waals surface area contributed by atoms with Gasteiger partial charge in [0.2, 0.25) is 0 Å². The Hall–Kier alpha value is -0.450. The maximum atomic E-state index is 13.9. The first-order valence-corrected chi connectivity index (χ1v) is 7.55. The van der Waals surface area contributed by atoms with E-state index in [1.807, 2.05) is 0 Å². The summed E-state index contributed by atoms with van der Waals surface area (Å²) in [6, 6.07) is 3.06. The predicted molar refractivity (Wildman–Crippen MR) is 80.1 cm³/mol. The Balaban J connectivity index is 2.71. The van der Waals surface area contributed by atoms with E-state index in [0.29, 0.717) is 23.4 Å². The Morgan fingerprint density at radius 2 is 2.16 bits per heavy atom. The Morgan fingerprint density at radius 1 is 1.47 bits per heavy atom. The average Bonchev–Trinajstić information content (AvgIpc) is 2.40. The van der Waals surface area contributed by atoms with Crippen LogP contribution in [0.1, 0.15) is 43.0 Å². The molecule has 0 aliphatic heterocycles. The number of rotatable bonds is 7. The summed E-state index contributed by atoms with van der Waals surface area (Å²) in [5.41, 5.74) is 5.58. The third kappa shape index (κ3) is 4.55. The molecule has 2 nitrogen and oxygen atoms in total. The van der Waals surface area contributed by atoms with Crippen molar-refractivity contribution in [3.8, 4) is 0 Å². The lowest BCUT2D eigenvalue weighted by Crippen LogP contribution is -2.11. The van der Waals surface area contributed by atoms with Gasteiger partial charge in [-0.1, -0.05) is 24.9 Å². The Kier molecular flexibility index (Phi) is 6.97. The second kappa shape index (κ2) is 7.98. The summed E-state index contributed by atoms with van der Waals surface area (Å²) in [5.74, 6) is -0.432. The molecule has 0 bridgehead atoms. The second-order valence-electron chi connectivity index (χ2n) is 4.54. The van der Waals surface area contributed by atoms with Gasteiger partial charge in [-0.3, -0.25) is 4.79 Å². The van der Waals surface area contributed by atoms with Crippen LogP contribution in [0.2, 0.25) is 5.02 Å². The molecular weight excluding hydrogens is 333 g/mol. The van der Waals surface area contributed by atoms with E-state index in [4.69, 9.17) is 17.3 Å². The highest BCUT2D eigenvalue weighted by Crippen LogP contribution is 2.28. The highest BCUT2D eigenvalue weighted by Gasteiger charge is 2.17. The van der Waals surface area contributed by atoms with Gasteiger partial charge >= 0.3 is 0 Å². The molecule has 1 atom stereocenters. The molecule has 0 amide bonds. The first-order chi connectivity index (χ1) is 9.01. The first-order valence-electron chi connectivity index (χ1n) is 6.38. The highest BCUT2D eigenvalue weighted by atomic mass is 79.9. The Bertz CT molecular complexity index is 453. The molecule has 0 spiro atoms. The monoisotopic (exact) mass is 349 g/mol. The van der Waals surface area contributed by atoms with Crippen LogP contribution in [0.5, 0.6) is 0 Å². The highest BCUT2D eigenvalue weighted by molar-refractivity contribution is 9.10. The predicted octanol–water partition coefficient (Wildman–Crippen LogP) is 4.58. The number of carbonyl (C=O) groups is 1. The molecule has 1 aromatic carbocycles. The Morgan fingerprint density at radius 3 is 2.74 bits per heavy atom. The topological polar surface area (TPSA) is 43.1 Å². The zero-order valence-electron chi connectivity index (χ0n) is 10.9. The Labute approximate surface area is 126 Å². The normalized spacial score (nSPS) is 12.5. The van der Waals surface area contributed by atoms with E-state index in [9.17, 15) is 9.18 Å². The van der Waals surface area contributed by atoms with Crippen LogP contribution in [-0.2, 0) is 0 Å². The molecule has 0 fully saturated rings. The number of ketones is 1. The van der Waals surface area contributed by atoms with Crippen molar-refractivity contribution < 1.29 is 9.18 Å². The first kappa shape index (κ1) is 16.6. The van der Waals surface area contributed by atoms with Crippen LogP contribution >= 0.6 is 27.5 Å². The lowest BCUT2D eigenvalue weighted by molar-refractivity contribution is 0.0968. The lowest BCUT2D eigenvalue weighted by Gasteiger charge is -2.13. The molecule has 0 saturated carbocycles. The minimum atomic E-state index is -0.645. The van der Waals surface area contributed by atoms with Crippen molar-refractivity contribution in [3.05, 3.63) is 33.0 Å². The summed E-state index contributed by atoms with van der Waals surface area (Å²) in [4.78, 5) is 12.0. The van der Waals surface area contributed by atoms with E-state index in [-0.39, 0.29) is 16.4 Å². The van der Waals surface area contributed by atoms with Crippen LogP contribution in [0.25, 0.3) is 0 Å². The largest absolute Gasteiger partial charge is 0.330 e. The third-order valence-electron chi connectivity index (χ3n) is 3.27. The molecule has 106 valence electrons. The summed E-state index contributed by atoms with van der Waals surface area (Å²) < 4.78 is 14.3. The zero-order chi connectivity index (χ0) is 14.4. The quantitative estimate of drug-likeness (QED) is 0.578. The summed E-state index contributed by atoms with van der Waals surface area (Å²) in [6.45, 7) is 2.69. The van der Waals surface area contributed by atoms with Crippen molar-refractivity contribution >= 4 is 33.3 Å². The fourth-order valence-corrected chi connectivity index (χ4v) is 2.47. The third-order valence-corrected chi connectivity index (χ3v) is 4.53. The maximum Gasteiger partial charge on any atom is 0.165 e. The van der Waals surface area contributed by atoms with Crippen LogP contribution in [-0.4, -0.2) is 12.3 Å². The van der Waals surface area contributed by atoms with Gasteiger partial charge in [0.25, 0.3) is 0 Å². The van der Waals surface area contributed by atoms with Crippen LogP contribution < -0.4 is 5.73 Å². The summed E-state index contributed by atoms with van der Waals surface area (Å²) >= 11 is 8.90. The molecule has 1 aromatic rings. The fourth-order valence-electron chi connectivity index (χ4n) is 2.00. The van der Waals surface area contributed by atoms with Crippen molar-refractivity contribution in [2.45, 2.75) is 32.6 Å². The van der Waals surface area contributed by atoms with Gasteiger partial charge < -0.3 is 5.73 Å². The molecule has 19 heavy (non-hydrogen) atoms. The van der Waals surface area contributed by atoms with Crippen molar-refractivity contribution in [3.63, 3.8) is 0 Å². The van der Waals surface area contributed by atoms with E-state index >= 15 is 0 Å². The molecule has 0 heterocycles. The van der Waals surface area contributed by atoms with Crippen LogP contribution in [0.3, 0.4) is 0 Å². The standard InChI is InChI=1S/C14H18BrClFNO/c1-2-9(7-8-18)3-6-12(19)10-4-5-11(15)13(16)14(10)17/h4-5,9H,2-3,6-8,18H2,1H3. The molecule has 1 rings (SSSR count). The van der Waals surface area contributed by atoms with E-state index < -0.39 is 5.82 Å². The maximum absolute atomic E-state index is 13.9. The molecule has 0 aliphatic carbocycles. The minimum Gasteiger partial charge on any atom is -0.330 e. The van der Waals surface area contributed by atoms with Crippen molar-refractivity contribution in [2.75, 3.05) is 6.54 Å². The number of carbonyl (C=O) groups excluding carboxylic acids is 1. The minimum absolute atomic E-state index is 0.0418. The molecular formula is C14H18BrClFNO. The van der Waals surface area contributed by atoms with Gasteiger partial charge in [0.15, 0.2) is 11.6 Å². The second-order valence-corrected chi connectivity index (χ2v) is 5.77. The summed E-state index contributed by atoms with van der Waals surface area (Å²) in [5, 5.41) is -0.0418. The molecule has 0 aromatic heterocycles. The summed E-state index contributed by atoms with van der Waals surface area (Å²) in [6.07, 6.45) is 2.94. The number of Topliss-reactive ketones (excluding diaryl/α,β-unsaturated/α-hetero) is 1. The van der Waals surface area contributed by atoms with Gasteiger partial charge in [-0.05, 0) is 53.4 Å². The molecule has 0 aliphatic rings. The summed E-state index contributed by atoms with van der Waals surface area (Å²) in [7, 11) is 0. The van der Waals surface area contributed by atoms with Gasteiger partial charge in [-0.2, -0.15) is 0 Å². The van der Waals surface area contributed by atoms with Gasteiger partial charge in [-0.25, -0.2) is 4.39 Å². The molecule has 5 heteroatoms. The van der Waals surface area contributed by atoms with Crippen molar-refractivity contribution in [2.24, 2.45) is 11.7 Å². The molecule has 2 N–H and O–H groups in total. The molecule has 0 radical (unpaired) electrons. The van der Waals surface area contributed by atoms with Crippen LogP contribution in [0, 0.1) is 11.7 Å².